The Morgan fingerprint density at radius 3 is 1.94 bits per heavy atom. The third kappa shape index (κ3) is 5.43. The van der Waals surface area contributed by atoms with Crippen molar-refractivity contribution in [1.82, 2.24) is 0 Å². The number of hydrogen-bond acceptors (Lipinski definition) is 4. The molecule has 0 heterocycles. The molecule has 2 N–H and O–H groups in total. The first-order valence-corrected chi connectivity index (χ1v) is 11.6. The quantitative estimate of drug-likeness (QED) is 0.438. The highest BCUT2D eigenvalue weighted by atomic mass is 16.3. The minimum Gasteiger partial charge on any atom is -0.511 e. The fourth-order valence-electron chi connectivity index (χ4n) is 4.33. The second-order valence-electron chi connectivity index (χ2n) is 8.94. The summed E-state index contributed by atoms with van der Waals surface area (Å²) in [6.45, 7) is 3.30. The summed E-state index contributed by atoms with van der Waals surface area (Å²) in [6.07, 6.45) is 7.11. The monoisotopic (exact) mass is 422 g/mol. The van der Waals surface area contributed by atoms with E-state index in [4.69, 9.17) is 0 Å². The van der Waals surface area contributed by atoms with E-state index < -0.39 is 6.10 Å². The molecule has 0 aliphatic heterocycles. The normalized spacial score (nSPS) is 18.1. The predicted octanol–water partition coefficient (Wildman–Crippen LogP) is 5.98. The van der Waals surface area contributed by atoms with Gasteiger partial charge >= 0.3 is 0 Å². The van der Waals surface area contributed by atoms with Gasteiger partial charge in [-0.3, -0.25) is 0 Å². The molecule has 0 saturated heterocycles. The number of benzene rings is 2. The molecular weight excluding hydrogens is 384 g/mol. The van der Waals surface area contributed by atoms with Gasteiger partial charge in [-0.2, -0.15) is 0 Å². The van der Waals surface area contributed by atoms with E-state index in [1.54, 1.807) is 0 Å². The lowest BCUT2D eigenvalue weighted by Gasteiger charge is -2.36. The third-order valence-electron chi connectivity index (χ3n) is 6.42. The van der Waals surface area contributed by atoms with Crippen LogP contribution in [0.3, 0.4) is 0 Å². The Hall–Kier alpha value is -2.46. The molecule has 2 aromatic carbocycles. The van der Waals surface area contributed by atoms with Gasteiger partial charge in [0.2, 0.25) is 0 Å². The Balaban J connectivity index is 1.59. The molecule has 0 aromatic heterocycles. The third-order valence-corrected chi connectivity index (χ3v) is 6.42. The lowest BCUT2D eigenvalue weighted by atomic mass is 9.73. The zero-order valence-electron chi connectivity index (χ0n) is 19.5. The second kappa shape index (κ2) is 10.7. The molecule has 0 amide bonds. The largest absolute Gasteiger partial charge is 0.511 e. The molecule has 0 fully saturated rings. The maximum atomic E-state index is 10.8. The van der Waals surface area contributed by atoms with Crippen LogP contribution in [0.5, 0.6) is 0 Å². The highest BCUT2D eigenvalue weighted by Crippen LogP contribution is 2.46. The van der Waals surface area contributed by atoms with Crippen LogP contribution in [0.15, 0.2) is 54.3 Å². The zero-order valence-corrected chi connectivity index (χ0v) is 19.5. The highest BCUT2D eigenvalue weighted by Gasteiger charge is 2.41. The summed E-state index contributed by atoms with van der Waals surface area (Å²) in [7, 11) is 6.12. The molecule has 2 aromatic rings. The Labute approximate surface area is 187 Å². The van der Waals surface area contributed by atoms with Gasteiger partial charge in [-0.05, 0) is 41.8 Å². The van der Waals surface area contributed by atoms with Crippen LogP contribution in [0.25, 0.3) is 5.57 Å². The van der Waals surface area contributed by atoms with Crippen LogP contribution in [0.4, 0.5) is 11.4 Å². The summed E-state index contributed by atoms with van der Waals surface area (Å²) in [6, 6.07) is 16.2. The highest BCUT2D eigenvalue weighted by molar-refractivity contribution is 5.80. The summed E-state index contributed by atoms with van der Waals surface area (Å²) in [5.41, 5.74) is 4.74. The molecule has 168 valence electrons. The molecule has 2 unspecified atom stereocenters. The Morgan fingerprint density at radius 1 is 0.774 bits per heavy atom. The average molecular weight is 423 g/mol. The van der Waals surface area contributed by atoms with Crippen molar-refractivity contribution < 1.29 is 10.2 Å². The molecule has 4 nitrogen and oxygen atoms in total. The lowest BCUT2D eigenvalue weighted by molar-refractivity contribution is 0.153. The number of hydrogen-bond donors (Lipinski definition) is 2. The number of unbranched alkanes of at least 4 members (excludes halogenated alkanes) is 5. The fraction of sp³-hybridized carbons (Fsp3) is 0.481. The number of anilines is 2. The predicted molar refractivity (Wildman–Crippen MR) is 132 cm³/mol. The van der Waals surface area contributed by atoms with E-state index >= 15 is 0 Å². The molecule has 4 heteroatoms. The van der Waals surface area contributed by atoms with Gasteiger partial charge in [0.25, 0.3) is 0 Å². The average Bonchev–Trinajstić information content (AvgIpc) is 2.77. The Morgan fingerprint density at radius 2 is 1.35 bits per heavy atom. The van der Waals surface area contributed by atoms with Crippen LogP contribution in [0, 0.1) is 0 Å². The second-order valence-corrected chi connectivity index (χ2v) is 8.94. The van der Waals surface area contributed by atoms with Gasteiger partial charge in [0.15, 0.2) is 0 Å². The molecule has 0 saturated carbocycles. The molecule has 1 aliphatic carbocycles. The summed E-state index contributed by atoms with van der Waals surface area (Å²) in [5, 5.41) is 21.5. The summed E-state index contributed by atoms with van der Waals surface area (Å²) < 4.78 is 0. The van der Waals surface area contributed by atoms with Crippen molar-refractivity contribution in [2.75, 3.05) is 37.5 Å². The van der Waals surface area contributed by atoms with Crippen molar-refractivity contribution >= 4 is 16.9 Å². The van der Waals surface area contributed by atoms with Gasteiger partial charge in [0.05, 0.1) is 12.0 Å². The van der Waals surface area contributed by atoms with Crippen LogP contribution in [-0.2, 0) is 0 Å². The first kappa shape index (κ1) is 23.2. The zero-order chi connectivity index (χ0) is 22.4. The molecule has 0 radical (unpaired) electrons. The number of aliphatic hydroxyl groups excluding tert-OH is 2. The van der Waals surface area contributed by atoms with Crippen molar-refractivity contribution in [3.05, 3.63) is 65.4 Å². The molecule has 1 aliphatic rings. The van der Waals surface area contributed by atoms with Gasteiger partial charge in [0, 0.05) is 44.6 Å². The first-order valence-electron chi connectivity index (χ1n) is 11.6. The van der Waals surface area contributed by atoms with E-state index in [9.17, 15) is 10.2 Å². The molecule has 0 spiro atoms. The molecule has 31 heavy (non-hydrogen) atoms. The SMILES string of the molecule is CCCCCCCCN(C)c1ccc(C2C(O)=C(c3ccc(N(C)C)cc3)C2O)cc1. The molecular formula is C27H38N2O2. The van der Waals surface area contributed by atoms with Crippen LogP contribution in [0.2, 0.25) is 0 Å². The van der Waals surface area contributed by atoms with Gasteiger partial charge in [-0.1, -0.05) is 63.3 Å². The van der Waals surface area contributed by atoms with E-state index in [1.165, 1.54) is 44.2 Å². The fourth-order valence-corrected chi connectivity index (χ4v) is 4.33. The van der Waals surface area contributed by atoms with E-state index in [0.717, 1.165) is 23.4 Å². The Bertz CT molecular complexity index is 856. The smallest absolute Gasteiger partial charge is 0.109 e. The van der Waals surface area contributed by atoms with Crippen LogP contribution in [0.1, 0.15) is 62.5 Å². The summed E-state index contributed by atoms with van der Waals surface area (Å²) in [4.78, 5) is 4.32. The van der Waals surface area contributed by atoms with Crippen LogP contribution in [-0.4, -0.2) is 44.0 Å². The minimum atomic E-state index is -0.683. The number of aliphatic hydroxyl groups is 2. The van der Waals surface area contributed by atoms with Crippen molar-refractivity contribution in [3.8, 4) is 0 Å². The number of rotatable bonds is 11. The van der Waals surface area contributed by atoms with Gasteiger partial charge in [-0.25, -0.2) is 0 Å². The van der Waals surface area contributed by atoms with E-state index in [0.29, 0.717) is 5.57 Å². The topological polar surface area (TPSA) is 46.9 Å². The van der Waals surface area contributed by atoms with E-state index in [2.05, 4.69) is 31.0 Å². The van der Waals surface area contributed by atoms with Crippen molar-refractivity contribution in [1.29, 1.82) is 0 Å². The minimum absolute atomic E-state index is 0.276. The molecule has 0 bridgehead atoms. The molecule has 3 rings (SSSR count). The lowest BCUT2D eigenvalue weighted by Crippen LogP contribution is -2.33. The summed E-state index contributed by atoms with van der Waals surface area (Å²) >= 11 is 0. The van der Waals surface area contributed by atoms with Crippen molar-refractivity contribution in [2.45, 2.75) is 57.5 Å². The van der Waals surface area contributed by atoms with Gasteiger partial charge in [0.1, 0.15) is 5.76 Å². The van der Waals surface area contributed by atoms with Crippen LogP contribution < -0.4 is 9.80 Å². The van der Waals surface area contributed by atoms with E-state index in [1.807, 2.05) is 55.4 Å². The summed E-state index contributed by atoms with van der Waals surface area (Å²) in [5.74, 6) is -0.0697. The van der Waals surface area contributed by atoms with E-state index in [-0.39, 0.29) is 11.7 Å². The van der Waals surface area contributed by atoms with Gasteiger partial charge < -0.3 is 20.0 Å². The standard InChI is InChI=1S/C27H38N2O2/c1-5-6-7-8-9-10-19-29(4)23-17-13-21(14-18-23)25-26(30)24(27(25)31)20-11-15-22(16-12-20)28(2)3/h11-18,25-26,30-31H,5-10,19H2,1-4H3. The first-order chi connectivity index (χ1) is 14.9. The van der Waals surface area contributed by atoms with Crippen molar-refractivity contribution in [3.63, 3.8) is 0 Å². The van der Waals surface area contributed by atoms with Gasteiger partial charge in [-0.15, -0.1) is 0 Å². The van der Waals surface area contributed by atoms with Crippen molar-refractivity contribution in [2.24, 2.45) is 0 Å². The molecule has 2 atom stereocenters. The van der Waals surface area contributed by atoms with Crippen LogP contribution >= 0.6 is 0 Å². The maximum absolute atomic E-state index is 10.8. The maximum Gasteiger partial charge on any atom is 0.109 e. The number of nitrogens with zero attached hydrogens (tertiary/aromatic N) is 2. The Kier molecular flexibility index (Phi) is 8.03.